The molecule has 0 radical (unpaired) electrons. The molecule has 0 N–H and O–H groups in total. The van der Waals surface area contributed by atoms with Crippen LogP contribution < -0.4 is 4.90 Å². The third-order valence-electron chi connectivity index (χ3n) is 10.9. The summed E-state index contributed by atoms with van der Waals surface area (Å²) >= 11 is 0. The van der Waals surface area contributed by atoms with Gasteiger partial charge in [0.25, 0.3) is 0 Å². The highest BCUT2D eigenvalue weighted by Gasteiger charge is 2.22. The van der Waals surface area contributed by atoms with Crippen LogP contribution in [-0.2, 0) is 0 Å². The molecule has 0 amide bonds. The fourth-order valence-electron chi connectivity index (χ4n) is 8.31. The second kappa shape index (κ2) is 12.6. The summed E-state index contributed by atoms with van der Waals surface area (Å²) in [5.41, 5.74) is 13.3. The Labute approximate surface area is 317 Å². The Hall–Kier alpha value is -7.36. The summed E-state index contributed by atoms with van der Waals surface area (Å²) < 4.78 is 13.4. The number of nitrogens with zero attached hydrogens (tertiary/aromatic N) is 1. The Morgan fingerprint density at radius 2 is 0.855 bits per heavy atom. The number of furan rings is 2. The monoisotopic (exact) mass is 703 g/mol. The zero-order chi connectivity index (χ0) is 36.3. The number of benzene rings is 9. The van der Waals surface area contributed by atoms with Crippen molar-refractivity contribution in [3.8, 4) is 33.4 Å². The van der Waals surface area contributed by atoms with E-state index in [9.17, 15) is 0 Å². The van der Waals surface area contributed by atoms with Crippen molar-refractivity contribution in [1.82, 2.24) is 0 Å². The SMILES string of the molecule is c1ccc(-c2cccc3c2oc2c(N(c4ccc(-c5cccc6c5oc5ccccc56)cc4)c4cccc(-c5cccc6ccccc56)c4)cccc23)cc1. The van der Waals surface area contributed by atoms with Gasteiger partial charge in [-0.25, -0.2) is 0 Å². The Morgan fingerprint density at radius 1 is 0.309 bits per heavy atom. The van der Waals surface area contributed by atoms with Crippen molar-refractivity contribution >= 4 is 71.7 Å². The van der Waals surface area contributed by atoms with Crippen LogP contribution in [0, 0.1) is 0 Å². The summed E-state index contributed by atoms with van der Waals surface area (Å²) in [5, 5.41) is 6.87. The van der Waals surface area contributed by atoms with Crippen molar-refractivity contribution in [1.29, 1.82) is 0 Å². The molecule has 0 saturated carbocycles. The molecule has 0 aliphatic carbocycles. The van der Waals surface area contributed by atoms with Crippen LogP contribution in [-0.4, -0.2) is 0 Å². The zero-order valence-corrected chi connectivity index (χ0v) is 29.8. The maximum absolute atomic E-state index is 6.98. The van der Waals surface area contributed by atoms with E-state index < -0.39 is 0 Å². The van der Waals surface area contributed by atoms with E-state index in [0.29, 0.717) is 0 Å². The van der Waals surface area contributed by atoms with Crippen molar-refractivity contribution in [3.05, 3.63) is 200 Å². The molecule has 0 atom stereocenters. The molecular weight excluding hydrogens is 671 g/mol. The molecule has 258 valence electrons. The highest BCUT2D eigenvalue weighted by Crippen LogP contribution is 2.45. The minimum Gasteiger partial charge on any atom is -0.455 e. The largest absolute Gasteiger partial charge is 0.455 e. The quantitative estimate of drug-likeness (QED) is 0.173. The van der Waals surface area contributed by atoms with Gasteiger partial charge in [0.15, 0.2) is 5.58 Å². The first kappa shape index (κ1) is 31.2. The highest BCUT2D eigenvalue weighted by atomic mass is 16.3. The van der Waals surface area contributed by atoms with Crippen molar-refractivity contribution in [3.63, 3.8) is 0 Å². The second-order valence-corrected chi connectivity index (χ2v) is 14.0. The lowest BCUT2D eigenvalue weighted by molar-refractivity contribution is 0.670. The van der Waals surface area contributed by atoms with E-state index in [1.165, 1.54) is 16.3 Å². The Kier molecular flexibility index (Phi) is 7.17. The van der Waals surface area contributed by atoms with Crippen LogP contribution in [0.3, 0.4) is 0 Å². The Balaban J connectivity index is 1.11. The number of fused-ring (bicyclic) bond motifs is 7. The van der Waals surface area contributed by atoms with Crippen LogP contribution in [0.2, 0.25) is 0 Å². The Morgan fingerprint density at radius 3 is 1.67 bits per heavy atom. The molecule has 55 heavy (non-hydrogen) atoms. The fraction of sp³-hybridized carbons (Fsp3) is 0. The van der Waals surface area contributed by atoms with Crippen molar-refractivity contribution in [2.24, 2.45) is 0 Å². The number of hydrogen-bond donors (Lipinski definition) is 0. The first-order valence-electron chi connectivity index (χ1n) is 18.7. The van der Waals surface area contributed by atoms with Gasteiger partial charge in [0.05, 0.1) is 5.69 Å². The van der Waals surface area contributed by atoms with Crippen LogP contribution in [0.15, 0.2) is 209 Å². The molecule has 0 aliphatic heterocycles. The summed E-state index contributed by atoms with van der Waals surface area (Å²) in [5.74, 6) is 0. The minimum atomic E-state index is 0.840. The molecule has 3 heteroatoms. The first-order valence-corrected chi connectivity index (χ1v) is 18.7. The van der Waals surface area contributed by atoms with E-state index in [-0.39, 0.29) is 0 Å². The normalized spacial score (nSPS) is 11.6. The highest BCUT2D eigenvalue weighted by molar-refractivity contribution is 6.14. The van der Waals surface area contributed by atoms with Gasteiger partial charge in [-0.1, -0.05) is 164 Å². The van der Waals surface area contributed by atoms with E-state index >= 15 is 0 Å². The number of para-hydroxylation sites is 4. The summed E-state index contributed by atoms with van der Waals surface area (Å²) in [6.45, 7) is 0. The number of hydrogen-bond acceptors (Lipinski definition) is 3. The van der Waals surface area contributed by atoms with Crippen molar-refractivity contribution < 1.29 is 8.83 Å². The van der Waals surface area contributed by atoms with E-state index in [1.807, 2.05) is 18.2 Å². The van der Waals surface area contributed by atoms with E-state index in [1.54, 1.807) is 0 Å². The average Bonchev–Trinajstić information content (AvgIpc) is 3.84. The van der Waals surface area contributed by atoms with E-state index in [2.05, 4.69) is 187 Å². The number of rotatable bonds is 6. The predicted molar refractivity (Wildman–Crippen MR) is 229 cm³/mol. The van der Waals surface area contributed by atoms with Crippen LogP contribution >= 0.6 is 0 Å². The van der Waals surface area contributed by atoms with Gasteiger partial charge in [-0.15, -0.1) is 0 Å². The molecule has 11 rings (SSSR count). The third kappa shape index (κ3) is 5.13. The summed E-state index contributed by atoms with van der Waals surface area (Å²) in [6, 6.07) is 70.8. The molecule has 0 unspecified atom stereocenters. The first-order chi connectivity index (χ1) is 27.3. The topological polar surface area (TPSA) is 29.5 Å². The molecule has 0 aliphatic rings. The molecule has 0 saturated heterocycles. The molecule has 11 aromatic rings. The molecular formula is C52H33NO2. The summed E-state index contributed by atoms with van der Waals surface area (Å²) in [4.78, 5) is 2.33. The van der Waals surface area contributed by atoms with Gasteiger partial charge in [-0.2, -0.15) is 0 Å². The maximum atomic E-state index is 6.98. The maximum Gasteiger partial charge on any atom is 0.159 e. The van der Waals surface area contributed by atoms with E-state index in [0.717, 1.165) is 88.8 Å². The van der Waals surface area contributed by atoms with Gasteiger partial charge in [0.1, 0.15) is 16.7 Å². The van der Waals surface area contributed by atoms with Crippen LogP contribution in [0.5, 0.6) is 0 Å². The average molecular weight is 704 g/mol. The molecule has 0 fully saturated rings. The van der Waals surface area contributed by atoms with Crippen molar-refractivity contribution in [2.45, 2.75) is 0 Å². The lowest BCUT2D eigenvalue weighted by Gasteiger charge is -2.26. The molecule has 0 spiro atoms. The summed E-state index contributed by atoms with van der Waals surface area (Å²) in [7, 11) is 0. The fourth-order valence-corrected chi connectivity index (χ4v) is 8.31. The van der Waals surface area contributed by atoms with Gasteiger partial charge in [-0.05, 0) is 69.4 Å². The summed E-state index contributed by atoms with van der Waals surface area (Å²) in [6.07, 6.45) is 0. The molecule has 0 bridgehead atoms. The minimum absolute atomic E-state index is 0.840. The van der Waals surface area contributed by atoms with E-state index in [4.69, 9.17) is 8.83 Å². The van der Waals surface area contributed by atoms with Gasteiger partial charge in [0.2, 0.25) is 0 Å². The van der Waals surface area contributed by atoms with Crippen LogP contribution in [0.25, 0.3) is 88.0 Å². The van der Waals surface area contributed by atoms with Crippen LogP contribution in [0.4, 0.5) is 17.1 Å². The van der Waals surface area contributed by atoms with Crippen molar-refractivity contribution in [2.75, 3.05) is 4.90 Å². The number of anilines is 3. The lowest BCUT2D eigenvalue weighted by Crippen LogP contribution is -2.10. The molecule has 3 nitrogen and oxygen atoms in total. The third-order valence-corrected chi connectivity index (χ3v) is 10.9. The molecule has 2 aromatic heterocycles. The van der Waals surface area contributed by atoms with Crippen LogP contribution in [0.1, 0.15) is 0 Å². The van der Waals surface area contributed by atoms with Gasteiger partial charge in [-0.3, -0.25) is 0 Å². The zero-order valence-electron chi connectivity index (χ0n) is 29.8. The second-order valence-electron chi connectivity index (χ2n) is 14.0. The van der Waals surface area contributed by atoms with Gasteiger partial charge in [0, 0.05) is 44.0 Å². The Bertz CT molecular complexity index is 3200. The predicted octanol–water partition coefficient (Wildman–Crippen LogP) is 15.1. The lowest BCUT2D eigenvalue weighted by atomic mass is 9.97. The molecule has 2 heterocycles. The standard InChI is InChI=1S/C52H33NO2/c1-2-13-35(14-3-1)42-22-11-25-46-47-26-12-27-48(52(47)55-51(42)46)53(39-18-8-17-37(33-39)41-21-9-16-34-15-4-5-19-40(34)41)38-31-29-36(30-32-38)43-23-10-24-45-44-20-6-7-28-49(44)54-50(43)45/h1-33H. The van der Waals surface area contributed by atoms with Gasteiger partial charge < -0.3 is 13.7 Å². The van der Waals surface area contributed by atoms with Gasteiger partial charge >= 0.3 is 0 Å². The molecule has 9 aromatic carbocycles. The smallest absolute Gasteiger partial charge is 0.159 e.